The Labute approximate surface area is 200 Å². The zero-order valence-electron chi connectivity index (χ0n) is 23.0. The summed E-state index contributed by atoms with van der Waals surface area (Å²) >= 11 is 0. The first-order valence-corrected chi connectivity index (χ1v) is 27.4. The molecule has 5 nitrogen and oxygen atoms in total. The number of rotatable bonds is 14. The normalized spacial score (nSPS) is 18.9. The molecule has 0 aromatic heterocycles. The lowest BCUT2D eigenvalue weighted by atomic mass is 10.4. The second-order valence-corrected chi connectivity index (χ2v) is 35.0. The Bertz CT molecular complexity index is 532. The highest BCUT2D eigenvalue weighted by molar-refractivity contribution is 6.89. The van der Waals surface area contributed by atoms with Crippen LogP contribution in [0.1, 0.15) is 19.3 Å². The first kappa shape index (κ1) is 29.9. The quantitative estimate of drug-likeness (QED) is 0.257. The predicted octanol–water partition coefficient (Wildman–Crippen LogP) is 6.10. The van der Waals surface area contributed by atoms with Crippen molar-refractivity contribution in [2.24, 2.45) is 0 Å². The van der Waals surface area contributed by atoms with Gasteiger partial charge in [0.2, 0.25) is 0 Å². The molecule has 0 atom stereocenters. The molecule has 1 fully saturated rings. The molecule has 0 radical (unpaired) electrons. The van der Waals surface area contributed by atoms with Crippen LogP contribution in [0.3, 0.4) is 0 Å². The van der Waals surface area contributed by atoms with Crippen LogP contribution in [0, 0.1) is 0 Å². The van der Waals surface area contributed by atoms with E-state index in [0.717, 1.165) is 19.1 Å². The maximum Gasteiger partial charge on any atom is 0.427 e. The topological polar surface area (TPSA) is 34.2 Å². The minimum absolute atomic E-state index is 1.09. The lowest BCUT2D eigenvalue weighted by Gasteiger charge is -2.44. The summed E-state index contributed by atoms with van der Waals surface area (Å²) < 4.78 is 24.1. The fourth-order valence-electron chi connectivity index (χ4n) is 5.54. The maximum atomic E-state index is 6.96. The van der Waals surface area contributed by atoms with Crippen LogP contribution < -0.4 is 0 Å². The highest BCUT2D eigenvalue weighted by Crippen LogP contribution is 2.29. The van der Waals surface area contributed by atoms with Crippen molar-refractivity contribution in [3.8, 4) is 0 Å². The third-order valence-electron chi connectivity index (χ3n) is 6.58. The van der Waals surface area contributed by atoms with E-state index < -0.39 is 41.8 Å². The summed E-state index contributed by atoms with van der Waals surface area (Å²) in [6, 6.07) is 3.61. The third-order valence-corrected chi connectivity index (χ3v) is 25.5. The molecule has 0 bridgehead atoms. The molecular formula is C21H54N2O3Si5. The van der Waals surface area contributed by atoms with Gasteiger partial charge in [-0.15, -0.1) is 0 Å². The largest absolute Gasteiger partial charge is 0.455 e. The first-order chi connectivity index (χ1) is 14.0. The van der Waals surface area contributed by atoms with Crippen molar-refractivity contribution in [3.63, 3.8) is 0 Å². The highest BCUT2D eigenvalue weighted by Gasteiger charge is 2.47. The van der Waals surface area contributed by atoms with Crippen molar-refractivity contribution in [2.75, 3.05) is 33.9 Å². The molecule has 1 aliphatic heterocycles. The maximum absolute atomic E-state index is 6.96. The summed E-state index contributed by atoms with van der Waals surface area (Å²) in [5.41, 5.74) is 0. The van der Waals surface area contributed by atoms with Crippen LogP contribution in [0.2, 0.25) is 83.6 Å². The molecule has 0 aromatic carbocycles. The minimum atomic E-state index is -2.09. The van der Waals surface area contributed by atoms with Crippen LogP contribution in [0.5, 0.6) is 0 Å². The van der Waals surface area contributed by atoms with Gasteiger partial charge in [-0.3, -0.25) is 4.57 Å². The van der Waals surface area contributed by atoms with E-state index >= 15 is 0 Å². The van der Waals surface area contributed by atoms with Crippen molar-refractivity contribution in [1.82, 2.24) is 8.80 Å². The van der Waals surface area contributed by atoms with E-state index in [2.05, 4.69) is 74.3 Å². The van der Waals surface area contributed by atoms with Crippen LogP contribution in [-0.4, -0.2) is 84.5 Å². The van der Waals surface area contributed by atoms with Crippen molar-refractivity contribution >= 4 is 41.8 Å². The van der Waals surface area contributed by atoms with Gasteiger partial charge in [0, 0.05) is 20.3 Å². The van der Waals surface area contributed by atoms with Gasteiger partial charge < -0.3 is 17.2 Å². The lowest BCUT2D eigenvalue weighted by Crippen LogP contribution is -2.59. The molecule has 186 valence electrons. The van der Waals surface area contributed by atoms with E-state index in [1.807, 2.05) is 14.2 Å². The number of hydrogen-bond donors (Lipinski definition) is 0. The number of nitrogens with zero attached hydrogens (tertiary/aromatic N) is 2. The molecule has 10 heteroatoms. The summed E-state index contributed by atoms with van der Waals surface area (Å²) in [5.74, 6) is 0. The molecule has 1 saturated heterocycles. The van der Waals surface area contributed by atoms with Crippen LogP contribution in [-0.2, 0) is 13.0 Å². The Hall–Kier alpha value is 0.884. The van der Waals surface area contributed by atoms with Gasteiger partial charge in [0.1, 0.15) is 16.5 Å². The van der Waals surface area contributed by atoms with Crippen LogP contribution in [0.15, 0.2) is 0 Å². The molecule has 1 rings (SSSR count). The summed E-state index contributed by atoms with van der Waals surface area (Å²) in [6.45, 7) is 28.3. The minimum Gasteiger partial charge on any atom is -0.455 e. The molecule has 0 N–H and O–H groups in total. The highest BCUT2D eigenvalue weighted by atomic mass is 28.4. The number of hydrogen-bond acceptors (Lipinski definition) is 5. The summed E-state index contributed by atoms with van der Waals surface area (Å²) in [7, 11) is -4.24. The van der Waals surface area contributed by atoms with E-state index in [1.54, 1.807) is 0 Å². The smallest absolute Gasteiger partial charge is 0.427 e. The average molecular weight is 523 g/mol. The fraction of sp³-hybridized carbons (Fsp3) is 1.00. The summed E-state index contributed by atoms with van der Waals surface area (Å²) in [6.07, 6.45) is 3.70. The van der Waals surface area contributed by atoms with Gasteiger partial charge in [0.15, 0.2) is 16.6 Å². The van der Waals surface area contributed by atoms with Crippen molar-refractivity contribution < 1.29 is 13.0 Å². The van der Waals surface area contributed by atoms with Crippen molar-refractivity contribution in [2.45, 2.75) is 103 Å². The molecule has 0 aliphatic carbocycles. The Morgan fingerprint density at radius 3 is 1.71 bits per heavy atom. The molecular weight excluding hydrogens is 469 g/mol. The zero-order chi connectivity index (χ0) is 24.1. The standard InChI is InChI=1S/C21H54N2O3Si5/c1-24-31(25-2)21-14-17-22(31)16-13-19-29(9,10)26-30(11,12)20-15-18-23(27(3,4)5)28(6,7)8/h13-21H2,1-12H3. The van der Waals surface area contributed by atoms with E-state index in [4.69, 9.17) is 13.0 Å². The Morgan fingerprint density at radius 1 is 0.774 bits per heavy atom. The zero-order valence-corrected chi connectivity index (χ0v) is 28.0. The summed E-state index contributed by atoms with van der Waals surface area (Å²) in [4.78, 5) is 0. The van der Waals surface area contributed by atoms with E-state index in [1.165, 1.54) is 37.9 Å². The van der Waals surface area contributed by atoms with Crippen molar-refractivity contribution in [1.29, 1.82) is 0 Å². The van der Waals surface area contributed by atoms with Crippen molar-refractivity contribution in [3.05, 3.63) is 0 Å². The van der Waals surface area contributed by atoms with Gasteiger partial charge >= 0.3 is 8.72 Å². The van der Waals surface area contributed by atoms with Gasteiger partial charge in [-0.05, 0) is 77.2 Å². The third kappa shape index (κ3) is 9.57. The van der Waals surface area contributed by atoms with Gasteiger partial charge in [0.25, 0.3) is 0 Å². The summed E-state index contributed by atoms with van der Waals surface area (Å²) in [5, 5.41) is 0. The lowest BCUT2D eigenvalue weighted by molar-refractivity contribution is 0.182. The molecule has 0 spiro atoms. The molecule has 0 amide bonds. The van der Waals surface area contributed by atoms with Gasteiger partial charge in [0.05, 0.1) is 0 Å². The van der Waals surface area contributed by atoms with Gasteiger partial charge in [-0.1, -0.05) is 39.3 Å². The van der Waals surface area contributed by atoms with Gasteiger partial charge in [-0.25, -0.2) is 0 Å². The molecule has 1 heterocycles. The average Bonchev–Trinajstić information content (AvgIpc) is 2.98. The fourth-order valence-corrected chi connectivity index (χ4v) is 27.1. The van der Waals surface area contributed by atoms with Gasteiger partial charge in [-0.2, -0.15) is 0 Å². The Kier molecular flexibility index (Phi) is 11.1. The van der Waals surface area contributed by atoms with Crippen LogP contribution in [0.4, 0.5) is 0 Å². The van der Waals surface area contributed by atoms with E-state index in [9.17, 15) is 0 Å². The second-order valence-electron chi connectivity index (χ2n) is 12.5. The van der Waals surface area contributed by atoms with Crippen LogP contribution in [0.25, 0.3) is 0 Å². The monoisotopic (exact) mass is 522 g/mol. The molecule has 31 heavy (non-hydrogen) atoms. The predicted molar refractivity (Wildman–Crippen MR) is 149 cm³/mol. The Balaban J connectivity index is 2.53. The molecule has 0 saturated carbocycles. The van der Waals surface area contributed by atoms with E-state index in [0.29, 0.717) is 0 Å². The SMILES string of the molecule is CO[Si]1(OC)CCCN1CCC[Si](C)(C)O[Si](C)(C)CCCN([Si](C)(C)C)[Si](C)(C)C. The van der Waals surface area contributed by atoms with E-state index in [-0.39, 0.29) is 0 Å². The molecule has 1 aliphatic rings. The molecule has 0 aromatic rings. The van der Waals surface area contributed by atoms with Crippen LogP contribution >= 0.6 is 0 Å². The molecule has 0 unspecified atom stereocenters. The Morgan fingerprint density at radius 2 is 1.26 bits per heavy atom. The first-order valence-electron chi connectivity index (χ1n) is 12.3. The second kappa shape index (κ2) is 11.5.